The zero-order valence-electron chi connectivity index (χ0n) is 10.7. The van der Waals surface area contributed by atoms with Crippen LogP contribution in [0.4, 0.5) is 4.39 Å². The van der Waals surface area contributed by atoms with E-state index in [1.807, 2.05) is 37.3 Å². The molecule has 0 aliphatic rings. The SMILES string of the molecule is CCNC(Cc1ccccn1)c1ccc(Br)cc1F. The molecule has 0 aliphatic carbocycles. The molecule has 1 heterocycles. The fourth-order valence-corrected chi connectivity index (χ4v) is 2.38. The maximum absolute atomic E-state index is 14.0. The highest BCUT2D eigenvalue weighted by molar-refractivity contribution is 9.10. The van der Waals surface area contributed by atoms with Crippen molar-refractivity contribution in [2.75, 3.05) is 6.54 Å². The molecule has 1 atom stereocenters. The Balaban J connectivity index is 2.24. The minimum absolute atomic E-state index is 0.0620. The van der Waals surface area contributed by atoms with Crippen molar-refractivity contribution in [3.63, 3.8) is 0 Å². The van der Waals surface area contributed by atoms with Crippen LogP contribution in [0.15, 0.2) is 47.1 Å². The second-order valence-corrected chi connectivity index (χ2v) is 5.22. The lowest BCUT2D eigenvalue weighted by atomic mass is 10.0. The first-order chi connectivity index (χ1) is 9.20. The van der Waals surface area contributed by atoms with Gasteiger partial charge in [-0.3, -0.25) is 4.98 Å². The second kappa shape index (κ2) is 6.78. The number of nitrogens with zero attached hydrogens (tertiary/aromatic N) is 1. The maximum Gasteiger partial charge on any atom is 0.129 e. The minimum Gasteiger partial charge on any atom is -0.310 e. The van der Waals surface area contributed by atoms with E-state index in [1.54, 1.807) is 6.20 Å². The van der Waals surface area contributed by atoms with Gasteiger partial charge in [-0.15, -0.1) is 0 Å². The van der Waals surface area contributed by atoms with Crippen LogP contribution in [0, 0.1) is 5.82 Å². The highest BCUT2D eigenvalue weighted by Gasteiger charge is 2.16. The highest BCUT2D eigenvalue weighted by Crippen LogP contribution is 2.23. The Morgan fingerprint density at radius 1 is 1.32 bits per heavy atom. The summed E-state index contributed by atoms with van der Waals surface area (Å²) in [5.41, 5.74) is 1.63. The van der Waals surface area contributed by atoms with Crippen LogP contribution < -0.4 is 5.32 Å². The first-order valence-corrected chi connectivity index (χ1v) is 7.08. The van der Waals surface area contributed by atoms with Gasteiger partial charge in [-0.25, -0.2) is 4.39 Å². The number of benzene rings is 1. The monoisotopic (exact) mass is 322 g/mol. The third-order valence-electron chi connectivity index (χ3n) is 2.93. The van der Waals surface area contributed by atoms with Crippen LogP contribution >= 0.6 is 15.9 Å². The van der Waals surface area contributed by atoms with Crippen molar-refractivity contribution in [1.82, 2.24) is 10.3 Å². The molecule has 100 valence electrons. The number of likely N-dealkylation sites (N-methyl/N-ethyl adjacent to an activating group) is 1. The fraction of sp³-hybridized carbons (Fsp3) is 0.267. The van der Waals surface area contributed by atoms with Crippen LogP contribution in [-0.4, -0.2) is 11.5 Å². The predicted molar refractivity (Wildman–Crippen MR) is 78.5 cm³/mol. The summed E-state index contributed by atoms with van der Waals surface area (Å²) in [5.74, 6) is -0.198. The molecule has 1 unspecified atom stereocenters. The maximum atomic E-state index is 14.0. The van der Waals surface area contributed by atoms with Gasteiger partial charge in [0.25, 0.3) is 0 Å². The second-order valence-electron chi connectivity index (χ2n) is 4.30. The molecule has 0 fully saturated rings. The van der Waals surface area contributed by atoms with Gasteiger partial charge in [0.15, 0.2) is 0 Å². The van der Waals surface area contributed by atoms with Crippen molar-refractivity contribution in [1.29, 1.82) is 0 Å². The van der Waals surface area contributed by atoms with Crippen LogP contribution in [0.3, 0.4) is 0 Å². The van der Waals surface area contributed by atoms with E-state index in [0.29, 0.717) is 12.0 Å². The summed E-state index contributed by atoms with van der Waals surface area (Å²) >= 11 is 3.28. The summed E-state index contributed by atoms with van der Waals surface area (Å²) in [6.45, 7) is 2.80. The molecule has 0 radical (unpaired) electrons. The topological polar surface area (TPSA) is 24.9 Å². The van der Waals surface area contributed by atoms with E-state index in [2.05, 4.69) is 26.2 Å². The number of aromatic nitrogens is 1. The van der Waals surface area contributed by atoms with E-state index in [9.17, 15) is 4.39 Å². The average Bonchev–Trinajstić information content (AvgIpc) is 2.39. The van der Waals surface area contributed by atoms with Crippen LogP contribution in [0.25, 0.3) is 0 Å². The molecule has 0 saturated carbocycles. The standard InChI is InChI=1S/C15H16BrFN2/c1-2-18-15(10-12-5-3-4-8-19-12)13-7-6-11(16)9-14(13)17/h3-9,15,18H,2,10H2,1H3. The molecule has 0 bridgehead atoms. The third-order valence-corrected chi connectivity index (χ3v) is 3.42. The Kier molecular flexibility index (Phi) is 5.05. The first-order valence-electron chi connectivity index (χ1n) is 6.29. The first kappa shape index (κ1) is 14.2. The number of pyridine rings is 1. The molecule has 1 aromatic heterocycles. The third kappa shape index (κ3) is 3.85. The van der Waals surface area contributed by atoms with Crippen molar-refractivity contribution in [3.8, 4) is 0 Å². The lowest BCUT2D eigenvalue weighted by Crippen LogP contribution is -2.24. The molecule has 2 rings (SSSR count). The summed E-state index contributed by atoms with van der Waals surface area (Å²) in [5, 5.41) is 3.31. The molecule has 4 heteroatoms. The number of rotatable bonds is 5. The summed E-state index contributed by atoms with van der Waals surface area (Å²) < 4.78 is 14.8. The number of hydrogen-bond acceptors (Lipinski definition) is 2. The molecular formula is C15H16BrFN2. The van der Waals surface area contributed by atoms with Gasteiger partial charge in [0.2, 0.25) is 0 Å². The average molecular weight is 323 g/mol. The van der Waals surface area contributed by atoms with Gasteiger partial charge in [0, 0.05) is 34.4 Å². The van der Waals surface area contributed by atoms with E-state index in [4.69, 9.17) is 0 Å². The van der Waals surface area contributed by atoms with Crippen LogP contribution in [0.5, 0.6) is 0 Å². The number of hydrogen-bond donors (Lipinski definition) is 1. The van der Waals surface area contributed by atoms with Gasteiger partial charge >= 0.3 is 0 Å². The van der Waals surface area contributed by atoms with E-state index in [-0.39, 0.29) is 11.9 Å². The van der Waals surface area contributed by atoms with Gasteiger partial charge in [-0.2, -0.15) is 0 Å². The largest absolute Gasteiger partial charge is 0.310 e. The van der Waals surface area contributed by atoms with Gasteiger partial charge in [0.05, 0.1) is 0 Å². The Morgan fingerprint density at radius 3 is 2.79 bits per heavy atom. The highest BCUT2D eigenvalue weighted by atomic mass is 79.9. The Bertz CT molecular complexity index is 531. The quantitative estimate of drug-likeness (QED) is 0.903. The molecule has 0 aliphatic heterocycles. The summed E-state index contributed by atoms with van der Waals surface area (Å²) in [6.07, 6.45) is 2.43. The molecule has 0 amide bonds. The lowest BCUT2D eigenvalue weighted by Gasteiger charge is -2.18. The number of halogens is 2. The van der Waals surface area contributed by atoms with Gasteiger partial charge in [0.1, 0.15) is 5.82 Å². The molecule has 2 aromatic rings. The van der Waals surface area contributed by atoms with Crippen molar-refractivity contribution in [2.45, 2.75) is 19.4 Å². The van der Waals surface area contributed by atoms with Gasteiger partial charge in [-0.1, -0.05) is 35.0 Å². The summed E-state index contributed by atoms with van der Waals surface area (Å²) in [6, 6.07) is 10.9. The molecule has 2 nitrogen and oxygen atoms in total. The van der Waals surface area contributed by atoms with Crippen molar-refractivity contribution in [3.05, 3.63) is 64.1 Å². The van der Waals surface area contributed by atoms with E-state index in [0.717, 1.165) is 16.7 Å². The normalized spacial score (nSPS) is 12.4. The molecule has 19 heavy (non-hydrogen) atoms. The fourth-order valence-electron chi connectivity index (χ4n) is 2.05. The van der Waals surface area contributed by atoms with Crippen molar-refractivity contribution < 1.29 is 4.39 Å². The Morgan fingerprint density at radius 2 is 2.16 bits per heavy atom. The predicted octanol–water partition coefficient (Wildman–Crippen LogP) is 3.88. The Hall–Kier alpha value is -1.26. The Labute approximate surface area is 121 Å². The summed E-state index contributed by atoms with van der Waals surface area (Å²) in [7, 11) is 0. The van der Waals surface area contributed by atoms with E-state index >= 15 is 0 Å². The van der Waals surface area contributed by atoms with E-state index in [1.165, 1.54) is 6.07 Å². The zero-order chi connectivity index (χ0) is 13.7. The zero-order valence-corrected chi connectivity index (χ0v) is 12.3. The smallest absolute Gasteiger partial charge is 0.129 e. The molecule has 0 spiro atoms. The van der Waals surface area contributed by atoms with Gasteiger partial charge < -0.3 is 5.32 Å². The van der Waals surface area contributed by atoms with Crippen LogP contribution in [-0.2, 0) is 6.42 Å². The number of nitrogens with one attached hydrogen (secondary N) is 1. The van der Waals surface area contributed by atoms with E-state index < -0.39 is 0 Å². The molecule has 0 saturated heterocycles. The molecular weight excluding hydrogens is 307 g/mol. The minimum atomic E-state index is -0.198. The molecule has 1 N–H and O–H groups in total. The van der Waals surface area contributed by atoms with Gasteiger partial charge in [-0.05, 0) is 30.8 Å². The lowest BCUT2D eigenvalue weighted by molar-refractivity contribution is 0.506. The van der Waals surface area contributed by atoms with Crippen LogP contribution in [0.1, 0.15) is 24.2 Å². The molecule has 1 aromatic carbocycles. The van der Waals surface area contributed by atoms with Crippen molar-refractivity contribution in [2.24, 2.45) is 0 Å². The van der Waals surface area contributed by atoms with Crippen LogP contribution in [0.2, 0.25) is 0 Å². The summed E-state index contributed by atoms with van der Waals surface area (Å²) in [4.78, 5) is 4.30. The van der Waals surface area contributed by atoms with Crippen molar-refractivity contribution >= 4 is 15.9 Å².